The molecule has 1 atom stereocenters. The van der Waals surface area contributed by atoms with Crippen LogP contribution in [0.3, 0.4) is 0 Å². The van der Waals surface area contributed by atoms with Gasteiger partial charge in [0.1, 0.15) is 24.0 Å². The molecule has 194 valence electrons. The predicted octanol–water partition coefficient (Wildman–Crippen LogP) is 5.84. The molecule has 0 spiro atoms. The first-order valence-corrected chi connectivity index (χ1v) is 15.7. The van der Waals surface area contributed by atoms with Crippen LogP contribution < -0.4 is 10.2 Å². The summed E-state index contributed by atoms with van der Waals surface area (Å²) in [5, 5.41) is 13.8. The first kappa shape index (κ1) is 27.0. The molecule has 0 saturated heterocycles. The summed E-state index contributed by atoms with van der Waals surface area (Å²) in [5.74, 6) is 1.51. The maximum absolute atomic E-state index is 9.65. The van der Waals surface area contributed by atoms with Crippen molar-refractivity contribution in [3.63, 3.8) is 0 Å². The maximum Gasteiger partial charge on any atom is 0.193 e. The van der Waals surface area contributed by atoms with E-state index >= 15 is 0 Å². The summed E-state index contributed by atoms with van der Waals surface area (Å²) >= 11 is 6.13. The summed E-state index contributed by atoms with van der Waals surface area (Å²) in [6.07, 6.45) is 5.84. The van der Waals surface area contributed by atoms with Crippen LogP contribution >= 0.6 is 11.6 Å². The molecule has 0 fully saturated rings. The lowest BCUT2D eigenvalue weighted by Crippen LogP contribution is -2.43. The zero-order chi connectivity index (χ0) is 26.8. The summed E-state index contributed by atoms with van der Waals surface area (Å²) in [7, 11) is -2.08. The molecular formula is C27H34ClN7OSi. The van der Waals surface area contributed by atoms with E-state index in [1.54, 1.807) is 12.4 Å². The third kappa shape index (κ3) is 6.09. The number of benzene rings is 1. The van der Waals surface area contributed by atoms with Crippen molar-refractivity contribution in [3.8, 4) is 6.07 Å². The fourth-order valence-corrected chi connectivity index (χ4v) is 5.55. The van der Waals surface area contributed by atoms with Gasteiger partial charge in [-0.05, 0) is 43.3 Å². The Morgan fingerprint density at radius 2 is 1.92 bits per heavy atom. The van der Waals surface area contributed by atoms with E-state index in [1.807, 2.05) is 31.5 Å². The van der Waals surface area contributed by atoms with E-state index < -0.39 is 8.32 Å². The molecule has 37 heavy (non-hydrogen) atoms. The third-order valence-corrected chi connectivity index (χ3v) is 12.0. The first-order chi connectivity index (χ1) is 17.5. The van der Waals surface area contributed by atoms with Crippen molar-refractivity contribution in [2.45, 2.75) is 64.9 Å². The van der Waals surface area contributed by atoms with Crippen molar-refractivity contribution in [3.05, 3.63) is 70.2 Å². The van der Waals surface area contributed by atoms with E-state index in [0.717, 1.165) is 47.1 Å². The molecule has 0 saturated carbocycles. The minimum absolute atomic E-state index is 0.0580. The number of halogens is 1. The number of anilines is 2. The number of nitriles is 1. The summed E-state index contributed by atoms with van der Waals surface area (Å²) in [6, 6.07) is 7.70. The molecule has 10 heteroatoms. The average Bonchev–Trinajstić information content (AvgIpc) is 2.86. The molecule has 0 aliphatic carbocycles. The molecule has 3 heterocycles. The summed E-state index contributed by atoms with van der Waals surface area (Å²) in [6.45, 7) is 14.9. The second kappa shape index (κ2) is 10.7. The molecule has 1 N–H and O–H groups in total. The second-order valence-corrected chi connectivity index (χ2v) is 16.1. The zero-order valence-electron chi connectivity index (χ0n) is 22.3. The Bertz CT molecular complexity index is 1300. The van der Waals surface area contributed by atoms with Gasteiger partial charge in [0, 0.05) is 54.6 Å². The fraction of sp³-hybridized carbons (Fsp3) is 0.444. The highest BCUT2D eigenvalue weighted by atomic mass is 35.5. The number of hydrogen-bond donors (Lipinski definition) is 1. The SMILES string of the molecule is Cc1ncc(C(CNc2ncnc3c2CN(c2ccc(Cl)cc2C#N)CC3)O[Si](C)(C)C(C)(C)C)cn1. The highest BCUT2D eigenvalue weighted by Crippen LogP contribution is 2.40. The highest BCUT2D eigenvalue weighted by Gasteiger charge is 2.39. The summed E-state index contributed by atoms with van der Waals surface area (Å²) in [5.41, 5.74) is 4.40. The number of aryl methyl sites for hydroxylation is 1. The van der Waals surface area contributed by atoms with Crippen LogP contribution in [0.1, 0.15) is 55.1 Å². The van der Waals surface area contributed by atoms with E-state index in [4.69, 9.17) is 16.0 Å². The van der Waals surface area contributed by atoms with Crippen molar-refractivity contribution in [2.75, 3.05) is 23.3 Å². The zero-order valence-corrected chi connectivity index (χ0v) is 24.1. The topological polar surface area (TPSA) is 99.9 Å². The molecule has 1 aromatic carbocycles. The Morgan fingerprint density at radius 1 is 1.19 bits per heavy atom. The predicted molar refractivity (Wildman–Crippen MR) is 149 cm³/mol. The molecule has 0 radical (unpaired) electrons. The number of fused-ring (bicyclic) bond motifs is 1. The van der Waals surface area contributed by atoms with Gasteiger partial charge < -0.3 is 14.6 Å². The van der Waals surface area contributed by atoms with Crippen LogP contribution in [0.15, 0.2) is 36.9 Å². The molecule has 3 aromatic rings. The second-order valence-electron chi connectivity index (χ2n) is 10.9. The van der Waals surface area contributed by atoms with Gasteiger partial charge in [-0.2, -0.15) is 5.26 Å². The Balaban J connectivity index is 1.59. The minimum atomic E-state index is -2.08. The van der Waals surface area contributed by atoms with Gasteiger partial charge >= 0.3 is 0 Å². The van der Waals surface area contributed by atoms with Crippen LogP contribution in [-0.4, -0.2) is 41.3 Å². The van der Waals surface area contributed by atoms with Gasteiger partial charge in [0.05, 0.1) is 23.0 Å². The molecule has 1 unspecified atom stereocenters. The molecule has 1 aliphatic heterocycles. The maximum atomic E-state index is 9.65. The minimum Gasteiger partial charge on any atom is -0.408 e. The smallest absolute Gasteiger partial charge is 0.193 e. The van der Waals surface area contributed by atoms with Gasteiger partial charge in [0.15, 0.2) is 8.32 Å². The Labute approximate surface area is 225 Å². The van der Waals surface area contributed by atoms with E-state index in [-0.39, 0.29) is 11.1 Å². The Morgan fingerprint density at radius 3 is 2.59 bits per heavy atom. The van der Waals surface area contributed by atoms with Crippen molar-refractivity contribution in [1.82, 2.24) is 19.9 Å². The molecule has 1 aliphatic rings. The van der Waals surface area contributed by atoms with Crippen LogP contribution in [0.5, 0.6) is 0 Å². The van der Waals surface area contributed by atoms with Gasteiger partial charge in [0.25, 0.3) is 0 Å². The monoisotopic (exact) mass is 535 g/mol. The molecule has 8 nitrogen and oxygen atoms in total. The van der Waals surface area contributed by atoms with Gasteiger partial charge in [-0.1, -0.05) is 32.4 Å². The average molecular weight is 536 g/mol. The number of nitrogens with one attached hydrogen (secondary N) is 1. The van der Waals surface area contributed by atoms with Crippen LogP contribution in [0, 0.1) is 18.3 Å². The lowest BCUT2D eigenvalue weighted by atomic mass is 10.0. The van der Waals surface area contributed by atoms with Crippen molar-refractivity contribution in [1.29, 1.82) is 5.26 Å². The van der Waals surface area contributed by atoms with Gasteiger partial charge in [-0.25, -0.2) is 19.9 Å². The molecule has 4 rings (SSSR count). The molecule has 0 amide bonds. The van der Waals surface area contributed by atoms with Crippen molar-refractivity contribution >= 4 is 31.4 Å². The van der Waals surface area contributed by atoms with E-state index in [1.165, 1.54) is 0 Å². The van der Waals surface area contributed by atoms with Crippen molar-refractivity contribution < 1.29 is 4.43 Å². The molecular weight excluding hydrogens is 502 g/mol. The lowest BCUT2D eigenvalue weighted by Gasteiger charge is -2.39. The number of hydrogen-bond acceptors (Lipinski definition) is 8. The Hall–Kier alpha value is -3.06. The van der Waals surface area contributed by atoms with Gasteiger partial charge in [-0.15, -0.1) is 0 Å². The molecule has 2 aromatic heterocycles. The Kier molecular flexibility index (Phi) is 7.83. The van der Waals surface area contributed by atoms with Crippen LogP contribution in [0.25, 0.3) is 0 Å². The van der Waals surface area contributed by atoms with Gasteiger partial charge in [-0.3, -0.25) is 0 Å². The van der Waals surface area contributed by atoms with Crippen molar-refractivity contribution in [2.24, 2.45) is 0 Å². The van der Waals surface area contributed by atoms with Crippen LogP contribution in [0.2, 0.25) is 23.2 Å². The lowest BCUT2D eigenvalue weighted by molar-refractivity contribution is 0.195. The van der Waals surface area contributed by atoms with E-state index in [0.29, 0.717) is 23.7 Å². The fourth-order valence-electron chi connectivity index (χ4n) is 4.09. The highest BCUT2D eigenvalue weighted by molar-refractivity contribution is 6.74. The van der Waals surface area contributed by atoms with Gasteiger partial charge in [0.2, 0.25) is 0 Å². The normalized spacial score (nSPS) is 14.6. The first-order valence-electron chi connectivity index (χ1n) is 12.5. The van der Waals surface area contributed by atoms with Crippen LogP contribution in [-0.2, 0) is 17.4 Å². The number of rotatable bonds is 7. The quantitative estimate of drug-likeness (QED) is 0.377. The van der Waals surface area contributed by atoms with E-state index in [9.17, 15) is 5.26 Å². The third-order valence-electron chi connectivity index (χ3n) is 7.29. The summed E-state index contributed by atoms with van der Waals surface area (Å²) < 4.78 is 6.82. The summed E-state index contributed by atoms with van der Waals surface area (Å²) in [4.78, 5) is 20.1. The largest absolute Gasteiger partial charge is 0.408 e. The number of aromatic nitrogens is 4. The number of nitrogens with zero attached hydrogens (tertiary/aromatic N) is 6. The molecule has 0 bridgehead atoms. The van der Waals surface area contributed by atoms with Crippen LogP contribution in [0.4, 0.5) is 11.5 Å². The van der Waals surface area contributed by atoms with E-state index in [2.05, 4.69) is 70.1 Å². The standard InChI is InChI=1S/C27H34ClN7OSi/c1-18-30-13-20(14-31-18)25(36-37(5,6)27(2,3)4)15-32-26-22-16-35(10-9-23(22)33-17-34-26)24-8-7-21(28)11-19(24)12-29/h7-8,11,13-14,17,25H,9-10,15-16H2,1-6H3,(H,32,33,34).